The minimum Gasteiger partial charge on any atom is -0.387 e. The molecule has 0 aromatic rings. The van der Waals surface area contributed by atoms with Gasteiger partial charge in [-0.05, 0) is 19.3 Å². The van der Waals surface area contributed by atoms with Crippen LogP contribution < -0.4 is 5.32 Å². The first-order valence-corrected chi connectivity index (χ1v) is 31.6. The fourth-order valence-corrected chi connectivity index (χ4v) is 10.0. The number of unbranched alkanes of at least 4 members (excludes halogenated alkanes) is 43. The minimum absolute atomic E-state index is 0.0648. The van der Waals surface area contributed by atoms with Crippen molar-refractivity contribution in [1.29, 1.82) is 0 Å². The first-order valence-electron chi connectivity index (χ1n) is 30.1. The summed E-state index contributed by atoms with van der Waals surface area (Å²) in [7, 11) is 1.59. The molecule has 0 aromatic heterocycles. The number of likely N-dealkylation sites (N-methyl/N-ethyl adjacent to an activating group) is 1. The van der Waals surface area contributed by atoms with Gasteiger partial charge < -0.3 is 19.8 Å². The van der Waals surface area contributed by atoms with Gasteiger partial charge in [-0.25, -0.2) is 4.57 Å². The van der Waals surface area contributed by atoms with Gasteiger partial charge in [0.05, 0.1) is 39.9 Å². The van der Waals surface area contributed by atoms with E-state index in [4.69, 9.17) is 9.05 Å². The lowest BCUT2D eigenvalue weighted by atomic mass is 10.0. The number of carbonyl (C=O) groups is 1. The second kappa shape index (κ2) is 51.2. The Morgan fingerprint density at radius 3 is 1.09 bits per heavy atom. The summed E-state index contributed by atoms with van der Waals surface area (Å²) < 4.78 is 23.7. The number of carbonyl (C=O) groups excluding carboxylic acids is 1. The molecule has 0 aliphatic heterocycles. The number of nitrogens with one attached hydrogen (secondary N) is 1. The number of hydrogen-bond acceptors (Lipinski definition) is 5. The number of quaternary nitrogens is 1. The molecule has 0 saturated heterocycles. The Bertz CT molecular complexity index is 1120. The van der Waals surface area contributed by atoms with Crippen LogP contribution in [0.25, 0.3) is 0 Å². The summed E-state index contributed by atoms with van der Waals surface area (Å²) in [5.74, 6) is -0.171. The number of aliphatic hydroxyl groups excluding tert-OH is 1. The average Bonchev–Trinajstić information content (AvgIpc) is 3.30. The number of phosphoric ester groups is 1. The Balaban J connectivity index is 3.90. The summed E-state index contributed by atoms with van der Waals surface area (Å²) in [5.41, 5.74) is 0. The van der Waals surface area contributed by atoms with Crippen LogP contribution in [-0.4, -0.2) is 73.4 Å². The maximum Gasteiger partial charge on any atom is 0.472 e. The van der Waals surface area contributed by atoms with Crippen LogP contribution in [0.5, 0.6) is 0 Å². The minimum atomic E-state index is -4.34. The van der Waals surface area contributed by atoms with Crippen LogP contribution in [0.15, 0.2) is 12.2 Å². The van der Waals surface area contributed by atoms with Crippen LogP contribution >= 0.6 is 7.82 Å². The van der Waals surface area contributed by atoms with Crippen LogP contribution in [-0.2, 0) is 18.4 Å². The van der Waals surface area contributed by atoms with E-state index in [-0.39, 0.29) is 19.1 Å². The van der Waals surface area contributed by atoms with Gasteiger partial charge in [0.1, 0.15) is 13.2 Å². The first kappa shape index (κ1) is 67.2. The van der Waals surface area contributed by atoms with Crippen molar-refractivity contribution in [2.24, 2.45) is 0 Å². The van der Waals surface area contributed by atoms with Crippen molar-refractivity contribution in [2.45, 2.75) is 321 Å². The Morgan fingerprint density at radius 2 is 0.779 bits per heavy atom. The van der Waals surface area contributed by atoms with Crippen LogP contribution in [0.1, 0.15) is 309 Å². The molecular formula is C59H120N2O6P+. The van der Waals surface area contributed by atoms with Crippen LogP contribution in [0.4, 0.5) is 0 Å². The second-order valence-corrected chi connectivity index (χ2v) is 23.5. The van der Waals surface area contributed by atoms with Gasteiger partial charge in [0, 0.05) is 6.42 Å². The predicted molar refractivity (Wildman–Crippen MR) is 295 cm³/mol. The zero-order valence-electron chi connectivity index (χ0n) is 46.4. The molecule has 0 aromatic carbocycles. The highest BCUT2D eigenvalue weighted by Gasteiger charge is 2.27. The molecule has 406 valence electrons. The summed E-state index contributed by atoms with van der Waals surface area (Å²) in [4.78, 5) is 23.2. The number of phosphoric acid groups is 1. The molecule has 0 heterocycles. The molecule has 0 aliphatic rings. The third-order valence-electron chi connectivity index (χ3n) is 14.0. The molecule has 0 fully saturated rings. The van der Waals surface area contributed by atoms with Crippen molar-refractivity contribution in [1.82, 2.24) is 5.32 Å². The molecule has 0 saturated carbocycles. The van der Waals surface area contributed by atoms with E-state index in [1.807, 2.05) is 27.2 Å². The van der Waals surface area contributed by atoms with Crippen LogP contribution in [0.2, 0.25) is 0 Å². The highest BCUT2D eigenvalue weighted by atomic mass is 31.2. The van der Waals surface area contributed by atoms with Crippen molar-refractivity contribution < 1.29 is 32.9 Å². The fraction of sp³-hybridized carbons (Fsp3) is 0.949. The SMILES string of the molecule is CCCCCCCCCCCC/C=C/[C@@H](O)[C@H](COP(=O)(O)OCC[N+](C)(C)C)NC(=O)CCCCCCCCCCCCCCCCCCCCCCCCCCCCCCCCCCCC. The molecule has 0 bridgehead atoms. The maximum atomic E-state index is 12.9. The van der Waals surface area contributed by atoms with E-state index in [0.717, 1.165) is 38.5 Å². The van der Waals surface area contributed by atoms with Crippen molar-refractivity contribution in [3.8, 4) is 0 Å². The third-order valence-corrected chi connectivity index (χ3v) is 15.0. The van der Waals surface area contributed by atoms with Crippen molar-refractivity contribution in [3.05, 3.63) is 12.2 Å². The van der Waals surface area contributed by atoms with Gasteiger partial charge >= 0.3 is 7.82 Å². The van der Waals surface area contributed by atoms with Gasteiger partial charge in [-0.15, -0.1) is 0 Å². The summed E-state index contributed by atoms with van der Waals surface area (Å²) in [6.07, 6.45) is 63.4. The number of aliphatic hydroxyl groups is 1. The second-order valence-electron chi connectivity index (χ2n) is 22.1. The predicted octanol–water partition coefficient (Wildman–Crippen LogP) is 18.2. The van der Waals surface area contributed by atoms with E-state index >= 15 is 0 Å². The molecule has 9 heteroatoms. The van der Waals surface area contributed by atoms with E-state index in [9.17, 15) is 19.4 Å². The first-order chi connectivity index (χ1) is 33.0. The molecule has 1 amide bonds. The van der Waals surface area contributed by atoms with Gasteiger partial charge in [-0.2, -0.15) is 0 Å². The smallest absolute Gasteiger partial charge is 0.387 e. The molecule has 0 rings (SSSR count). The molecule has 3 N–H and O–H groups in total. The van der Waals surface area contributed by atoms with E-state index < -0.39 is 20.0 Å². The standard InChI is InChI=1S/C59H119N2O6P/c1-6-8-10-12-14-16-18-20-21-22-23-24-25-26-27-28-29-30-31-32-33-34-35-36-37-38-39-40-41-43-45-47-49-51-53-59(63)60-57(56-67-68(64,65)66-55-54-61(3,4)5)58(62)52-50-48-46-44-42-19-17-15-13-11-9-7-2/h50,52,57-58,62H,6-49,51,53-56H2,1-5H3,(H-,60,63,64,65)/p+1/b52-50+/t57-,58+/m0/s1. The quantitative estimate of drug-likeness (QED) is 0.0243. The van der Waals surface area contributed by atoms with Gasteiger partial charge in [-0.1, -0.05) is 296 Å². The van der Waals surface area contributed by atoms with E-state index in [0.29, 0.717) is 17.4 Å². The van der Waals surface area contributed by atoms with Gasteiger partial charge in [0.25, 0.3) is 0 Å². The monoisotopic (exact) mass is 984 g/mol. The van der Waals surface area contributed by atoms with E-state index in [1.165, 1.54) is 250 Å². The molecule has 1 unspecified atom stereocenters. The van der Waals surface area contributed by atoms with Gasteiger partial charge in [0.2, 0.25) is 5.91 Å². The number of nitrogens with zero attached hydrogens (tertiary/aromatic N) is 1. The highest BCUT2D eigenvalue weighted by molar-refractivity contribution is 7.47. The number of rotatable bonds is 56. The Hall–Kier alpha value is -0.760. The summed E-state index contributed by atoms with van der Waals surface area (Å²) in [6.45, 7) is 4.85. The lowest BCUT2D eigenvalue weighted by Gasteiger charge is -2.25. The molecule has 0 aliphatic carbocycles. The molecule has 68 heavy (non-hydrogen) atoms. The normalized spacial score (nSPS) is 13.9. The number of amides is 1. The van der Waals surface area contributed by atoms with Crippen LogP contribution in [0.3, 0.4) is 0 Å². The topological polar surface area (TPSA) is 105 Å². The third kappa shape index (κ3) is 53.0. The summed E-state index contributed by atoms with van der Waals surface area (Å²) in [6, 6.07) is -0.841. The number of hydrogen-bond donors (Lipinski definition) is 3. The van der Waals surface area contributed by atoms with Crippen molar-refractivity contribution in [2.75, 3.05) is 40.9 Å². The summed E-state index contributed by atoms with van der Waals surface area (Å²) in [5, 5.41) is 13.9. The lowest BCUT2D eigenvalue weighted by molar-refractivity contribution is -0.870. The molecule has 8 nitrogen and oxygen atoms in total. The molecule has 3 atom stereocenters. The molecular weight excluding hydrogens is 864 g/mol. The van der Waals surface area contributed by atoms with E-state index in [1.54, 1.807) is 6.08 Å². The summed E-state index contributed by atoms with van der Waals surface area (Å²) >= 11 is 0. The zero-order valence-corrected chi connectivity index (χ0v) is 47.3. The van der Waals surface area contributed by atoms with Crippen molar-refractivity contribution in [3.63, 3.8) is 0 Å². The largest absolute Gasteiger partial charge is 0.472 e. The van der Waals surface area contributed by atoms with Crippen LogP contribution in [0, 0.1) is 0 Å². The van der Waals surface area contributed by atoms with Gasteiger partial charge in [0.15, 0.2) is 0 Å². The number of allylic oxidation sites excluding steroid dienone is 1. The molecule has 0 spiro atoms. The lowest BCUT2D eigenvalue weighted by Crippen LogP contribution is -2.45. The zero-order chi connectivity index (χ0) is 49.9. The Labute approximate surface area is 424 Å². The Kier molecular flexibility index (Phi) is 50.6. The average molecular weight is 985 g/mol. The van der Waals surface area contributed by atoms with Crippen molar-refractivity contribution >= 4 is 13.7 Å². The Morgan fingerprint density at radius 1 is 0.485 bits per heavy atom. The highest BCUT2D eigenvalue weighted by Crippen LogP contribution is 2.43. The van der Waals surface area contributed by atoms with Gasteiger partial charge in [-0.3, -0.25) is 13.8 Å². The maximum absolute atomic E-state index is 12.9. The van der Waals surface area contributed by atoms with E-state index in [2.05, 4.69) is 19.2 Å². The fourth-order valence-electron chi connectivity index (χ4n) is 9.28. The molecule has 0 radical (unpaired) electrons.